The first-order valence-corrected chi connectivity index (χ1v) is 15.2. The van der Waals surface area contributed by atoms with Crippen LogP contribution in [0.5, 0.6) is 11.5 Å². The van der Waals surface area contributed by atoms with Crippen molar-refractivity contribution < 1.29 is 33.3 Å². The molecule has 7 heteroatoms. The van der Waals surface area contributed by atoms with Crippen LogP contribution in [0.15, 0.2) is 60.7 Å². The van der Waals surface area contributed by atoms with Gasteiger partial charge in [0.05, 0.1) is 24.4 Å². The highest BCUT2D eigenvalue weighted by Gasteiger charge is 2.32. The average molecular weight is 571 g/mol. The first-order chi connectivity index (χ1) is 19.7. The Morgan fingerprint density at radius 1 is 0.610 bits per heavy atom. The molecule has 0 aromatic heterocycles. The van der Waals surface area contributed by atoms with Crippen LogP contribution in [0, 0.1) is 0 Å². The summed E-state index contributed by atoms with van der Waals surface area (Å²) in [6.07, 6.45) is 3.29. The van der Waals surface area contributed by atoms with E-state index in [4.69, 9.17) is 23.7 Å². The second-order valence-corrected chi connectivity index (χ2v) is 10.9. The van der Waals surface area contributed by atoms with Crippen molar-refractivity contribution in [1.82, 2.24) is 0 Å². The Bertz CT molecular complexity index is 898. The minimum absolute atomic E-state index is 0.264. The number of para-hydroxylation sites is 2. The third kappa shape index (κ3) is 13.9. The van der Waals surface area contributed by atoms with E-state index in [0.717, 1.165) is 38.5 Å². The first-order valence-electron chi connectivity index (χ1n) is 15.2. The predicted molar refractivity (Wildman–Crippen MR) is 161 cm³/mol. The number of unbranched alkanes of at least 4 members (excludes halogenated alkanes) is 2. The Morgan fingerprint density at radius 3 is 1.29 bits per heavy atom. The Morgan fingerprint density at radius 2 is 0.976 bits per heavy atom. The lowest BCUT2D eigenvalue weighted by Gasteiger charge is -2.30. The summed E-state index contributed by atoms with van der Waals surface area (Å²) in [7, 11) is 0. The molecule has 0 heterocycles. The van der Waals surface area contributed by atoms with Crippen LogP contribution in [-0.2, 0) is 23.8 Å². The van der Waals surface area contributed by atoms with Crippen molar-refractivity contribution in [2.24, 2.45) is 0 Å². The summed E-state index contributed by atoms with van der Waals surface area (Å²) < 4.78 is 30.1. The zero-order valence-electron chi connectivity index (χ0n) is 25.8. The van der Waals surface area contributed by atoms with Crippen LogP contribution < -0.4 is 9.47 Å². The predicted octanol–water partition coefficient (Wildman–Crippen LogP) is 7.70. The minimum atomic E-state index is -0.823. The molecule has 0 aliphatic heterocycles. The molecular weight excluding hydrogens is 520 g/mol. The highest BCUT2D eigenvalue weighted by atomic mass is 16.6. The van der Waals surface area contributed by atoms with E-state index in [0.29, 0.717) is 24.3 Å². The van der Waals surface area contributed by atoms with Crippen molar-refractivity contribution in [2.45, 2.75) is 130 Å². The van der Waals surface area contributed by atoms with Crippen LogP contribution in [0.2, 0.25) is 0 Å². The largest absolute Gasteiger partial charge is 0.479 e. The molecule has 41 heavy (non-hydrogen) atoms. The van der Waals surface area contributed by atoms with Crippen molar-refractivity contribution in [3.8, 4) is 11.5 Å². The van der Waals surface area contributed by atoms with Crippen molar-refractivity contribution in [2.75, 3.05) is 0 Å². The quantitative estimate of drug-likeness (QED) is 0.151. The van der Waals surface area contributed by atoms with Gasteiger partial charge in [-0.25, -0.2) is 9.59 Å². The molecule has 2 rings (SSSR count). The summed E-state index contributed by atoms with van der Waals surface area (Å²) in [4.78, 5) is 26.2. The van der Waals surface area contributed by atoms with Gasteiger partial charge in [0.15, 0.2) is 12.2 Å². The standard InChI is InChI=1S/C34H50O7/c1-7-9-17-29(23-31(33(35)37-25(3)4)40-27-19-13-11-14-20-27)39-30(18-10-8-2)24-32(34(36)38-26(5)6)41-28-21-15-12-16-22-28/h11-16,19-22,25-26,29-32H,7-10,17-18,23-24H2,1-6H3. The number of hydrogen-bond acceptors (Lipinski definition) is 7. The van der Waals surface area contributed by atoms with Crippen LogP contribution >= 0.6 is 0 Å². The number of ether oxygens (including phenoxy) is 5. The van der Waals surface area contributed by atoms with Gasteiger partial charge in [-0.05, 0) is 64.8 Å². The average Bonchev–Trinajstić information content (AvgIpc) is 2.94. The number of carbonyl (C=O) groups is 2. The maximum atomic E-state index is 13.1. The molecule has 0 spiro atoms. The molecule has 0 saturated heterocycles. The van der Waals surface area contributed by atoms with Gasteiger partial charge in [0.2, 0.25) is 0 Å². The van der Waals surface area contributed by atoms with Crippen LogP contribution in [0.3, 0.4) is 0 Å². The van der Waals surface area contributed by atoms with Gasteiger partial charge in [-0.3, -0.25) is 0 Å². The van der Waals surface area contributed by atoms with Crippen molar-refractivity contribution >= 4 is 11.9 Å². The van der Waals surface area contributed by atoms with Crippen LogP contribution in [0.1, 0.15) is 92.9 Å². The maximum absolute atomic E-state index is 13.1. The zero-order chi connectivity index (χ0) is 30.0. The third-order valence-electron chi connectivity index (χ3n) is 6.37. The van der Waals surface area contributed by atoms with Crippen molar-refractivity contribution in [3.63, 3.8) is 0 Å². The second kappa shape index (κ2) is 19.1. The Hall–Kier alpha value is -3.06. The van der Waals surface area contributed by atoms with E-state index in [1.54, 1.807) is 0 Å². The van der Waals surface area contributed by atoms with E-state index in [1.165, 1.54) is 0 Å². The van der Waals surface area contributed by atoms with Crippen LogP contribution in [0.4, 0.5) is 0 Å². The van der Waals surface area contributed by atoms with E-state index >= 15 is 0 Å². The van der Waals surface area contributed by atoms with Gasteiger partial charge >= 0.3 is 11.9 Å². The summed E-state index contributed by atoms with van der Waals surface area (Å²) in [5.41, 5.74) is 0. The molecule has 2 aromatic rings. The molecule has 0 radical (unpaired) electrons. The fraction of sp³-hybridized carbons (Fsp3) is 0.588. The van der Waals surface area contributed by atoms with Gasteiger partial charge in [0.25, 0.3) is 0 Å². The molecule has 0 aliphatic rings. The van der Waals surface area contributed by atoms with E-state index in [-0.39, 0.29) is 24.4 Å². The Kier molecular flexibility index (Phi) is 15.9. The zero-order valence-corrected chi connectivity index (χ0v) is 25.8. The summed E-state index contributed by atoms with van der Waals surface area (Å²) in [6.45, 7) is 11.6. The van der Waals surface area contributed by atoms with Gasteiger partial charge in [-0.2, -0.15) is 0 Å². The van der Waals surface area contributed by atoms with Gasteiger partial charge in [0.1, 0.15) is 11.5 Å². The summed E-state index contributed by atoms with van der Waals surface area (Å²) >= 11 is 0. The second-order valence-electron chi connectivity index (χ2n) is 10.9. The molecule has 0 fully saturated rings. The van der Waals surface area contributed by atoms with Gasteiger partial charge in [-0.15, -0.1) is 0 Å². The van der Waals surface area contributed by atoms with E-state index < -0.39 is 24.1 Å². The highest BCUT2D eigenvalue weighted by Crippen LogP contribution is 2.25. The molecule has 0 amide bonds. The minimum Gasteiger partial charge on any atom is -0.479 e. The molecule has 228 valence electrons. The third-order valence-corrected chi connectivity index (χ3v) is 6.37. The Labute approximate surface area is 246 Å². The number of benzene rings is 2. The molecule has 4 unspecified atom stereocenters. The molecule has 2 aromatic carbocycles. The van der Waals surface area contributed by atoms with Crippen LogP contribution in [0.25, 0.3) is 0 Å². The Balaban J connectivity index is 2.28. The smallest absolute Gasteiger partial charge is 0.347 e. The highest BCUT2D eigenvalue weighted by molar-refractivity contribution is 5.75. The molecule has 0 bridgehead atoms. The number of rotatable bonds is 20. The fourth-order valence-electron chi connectivity index (χ4n) is 4.42. The topological polar surface area (TPSA) is 80.3 Å². The van der Waals surface area contributed by atoms with Crippen molar-refractivity contribution in [3.05, 3.63) is 60.7 Å². The molecule has 0 saturated carbocycles. The fourth-order valence-corrected chi connectivity index (χ4v) is 4.42. The number of esters is 2. The van der Waals surface area contributed by atoms with Crippen LogP contribution in [-0.4, -0.2) is 48.6 Å². The lowest BCUT2D eigenvalue weighted by atomic mass is 10.0. The summed E-state index contributed by atoms with van der Waals surface area (Å²) in [5, 5.41) is 0. The molecule has 4 atom stereocenters. The molecule has 0 aliphatic carbocycles. The van der Waals surface area contributed by atoms with E-state index in [2.05, 4.69) is 13.8 Å². The monoisotopic (exact) mass is 570 g/mol. The SMILES string of the molecule is CCCCC(CC(Oc1ccccc1)C(=O)OC(C)C)OC(CCCC)CC(Oc1ccccc1)C(=O)OC(C)C. The normalized spacial score (nSPS) is 14.2. The lowest BCUT2D eigenvalue weighted by Crippen LogP contribution is -2.39. The summed E-state index contributed by atoms with van der Waals surface area (Å²) in [6, 6.07) is 18.6. The maximum Gasteiger partial charge on any atom is 0.347 e. The van der Waals surface area contributed by atoms with Gasteiger partial charge in [-0.1, -0.05) is 75.9 Å². The number of carbonyl (C=O) groups excluding carboxylic acids is 2. The number of hydrogen-bond donors (Lipinski definition) is 0. The van der Waals surface area contributed by atoms with Gasteiger partial charge in [0, 0.05) is 12.8 Å². The molecule has 7 nitrogen and oxygen atoms in total. The molecule has 0 N–H and O–H groups in total. The molecular formula is C34H50O7. The van der Waals surface area contributed by atoms with Crippen molar-refractivity contribution in [1.29, 1.82) is 0 Å². The lowest BCUT2D eigenvalue weighted by molar-refractivity contribution is -0.160. The van der Waals surface area contributed by atoms with E-state index in [1.807, 2.05) is 88.4 Å². The van der Waals surface area contributed by atoms with E-state index in [9.17, 15) is 9.59 Å². The van der Waals surface area contributed by atoms with Gasteiger partial charge < -0.3 is 23.7 Å². The first kappa shape index (κ1) is 34.1. The summed E-state index contributed by atoms with van der Waals surface area (Å²) in [5.74, 6) is 0.375.